The molecule has 7 rings (SSSR count). The first-order chi connectivity index (χ1) is 19.1. The van der Waals surface area contributed by atoms with Crippen molar-refractivity contribution in [3.63, 3.8) is 0 Å². The van der Waals surface area contributed by atoms with Gasteiger partial charge in [0, 0.05) is 28.9 Å². The molecule has 0 bridgehead atoms. The Bertz CT molecular complexity index is 1970. The van der Waals surface area contributed by atoms with Crippen molar-refractivity contribution in [3.05, 3.63) is 133 Å². The Morgan fingerprint density at radius 1 is 0.700 bits per heavy atom. The third-order valence-corrected chi connectivity index (χ3v) is 6.85. The molecule has 40 heavy (non-hydrogen) atoms. The van der Waals surface area contributed by atoms with E-state index in [2.05, 4.69) is 70.3 Å². The molecule has 4 aromatic carbocycles. The van der Waals surface area contributed by atoms with Crippen molar-refractivity contribution in [3.8, 4) is 34.1 Å². The van der Waals surface area contributed by atoms with E-state index in [1.165, 1.54) is 0 Å². The molecule has 0 fully saturated rings. The van der Waals surface area contributed by atoms with Gasteiger partial charge in [0.05, 0.1) is 5.69 Å². The number of fused-ring (bicyclic) bond motifs is 3. The maximum Gasteiger partial charge on any atom is 4.00 e. The van der Waals surface area contributed by atoms with Crippen LogP contribution in [0.5, 0.6) is 11.5 Å². The topological polar surface area (TPSA) is 44.9 Å². The molecule has 0 spiro atoms. The third kappa shape index (κ3) is 4.63. The van der Waals surface area contributed by atoms with Gasteiger partial charge in [-0.15, -0.1) is 35.7 Å². The van der Waals surface area contributed by atoms with Crippen molar-refractivity contribution in [2.45, 2.75) is 13.8 Å². The van der Waals surface area contributed by atoms with Crippen molar-refractivity contribution in [1.29, 1.82) is 0 Å². The quantitative estimate of drug-likeness (QED) is 0.171. The summed E-state index contributed by atoms with van der Waals surface area (Å²) in [5, 5.41) is 6.81. The van der Waals surface area contributed by atoms with E-state index in [-0.39, 0.29) is 21.1 Å². The molecule has 5 nitrogen and oxygen atoms in total. The van der Waals surface area contributed by atoms with Gasteiger partial charge in [0.25, 0.3) is 0 Å². The van der Waals surface area contributed by atoms with Crippen LogP contribution in [0.4, 0.5) is 0 Å². The van der Waals surface area contributed by atoms with Gasteiger partial charge >= 0.3 is 21.1 Å². The van der Waals surface area contributed by atoms with Crippen LogP contribution in [0.15, 0.2) is 109 Å². The molecule has 194 valence electrons. The molecule has 0 saturated carbocycles. The summed E-state index contributed by atoms with van der Waals surface area (Å²) in [6.07, 6.45) is 1.86. The van der Waals surface area contributed by atoms with Gasteiger partial charge in [0.1, 0.15) is 5.82 Å². The second kappa shape index (κ2) is 10.6. The minimum atomic E-state index is 0. The van der Waals surface area contributed by atoms with Gasteiger partial charge in [0.2, 0.25) is 0 Å². The number of hydrogen-bond donors (Lipinski definition) is 0. The Labute approximate surface area is 247 Å². The normalized spacial score (nSPS) is 11.1. The zero-order valence-electron chi connectivity index (χ0n) is 21.9. The van der Waals surface area contributed by atoms with Gasteiger partial charge in [-0.2, -0.15) is 17.2 Å². The van der Waals surface area contributed by atoms with Crippen LogP contribution < -0.4 is 4.74 Å². The van der Waals surface area contributed by atoms with E-state index in [4.69, 9.17) is 9.72 Å². The van der Waals surface area contributed by atoms with Crippen molar-refractivity contribution >= 4 is 21.8 Å². The van der Waals surface area contributed by atoms with Crippen LogP contribution in [-0.2, 0) is 21.1 Å². The van der Waals surface area contributed by atoms with Gasteiger partial charge in [0.15, 0.2) is 0 Å². The minimum absolute atomic E-state index is 0. The average Bonchev–Trinajstić information content (AvgIpc) is 3.49. The van der Waals surface area contributed by atoms with Crippen LogP contribution in [0.1, 0.15) is 11.4 Å². The van der Waals surface area contributed by atoms with Gasteiger partial charge in [-0.05, 0) is 60.3 Å². The SMILES string of the molecule is Cc1cc(C)n(-c2[c-]c(Oc3[c-]c4c(cc3)c3ccccc3n4-c3cc(-c4ccccc4)ccn3)ccc2)n1.[Pt+4]. The molecule has 0 unspecified atom stereocenters. The molecule has 7 aromatic rings. The van der Waals surface area contributed by atoms with Gasteiger partial charge in [-0.3, -0.25) is 4.68 Å². The third-order valence-electron chi connectivity index (χ3n) is 6.85. The zero-order chi connectivity index (χ0) is 26.3. The number of nitrogens with zero attached hydrogens (tertiary/aromatic N) is 4. The van der Waals surface area contributed by atoms with E-state index in [9.17, 15) is 0 Å². The fourth-order valence-electron chi connectivity index (χ4n) is 5.13. The Hall–Kier alpha value is -4.47. The predicted octanol–water partition coefficient (Wildman–Crippen LogP) is 8.04. The molecule has 0 N–H and O–H groups in total. The van der Waals surface area contributed by atoms with E-state index in [0.29, 0.717) is 11.5 Å². The van der Waals surface area contributed by atoms with E-state index in [0.717, 1.165) is 55.8 Å². The summed E-state index contributed by atoms with van der Waals surface area (Å²) in [5.74, 6) is 2.03. The largest absolute Gasteiger partial charge is 4.00 e. The second-order valence-electron chi connectivity index (χ2n) is 9.55. The fraction of sp³-hybridized carbons (Fsp3) is 0.0588. The molecule has 0 aliphatic rings. The molecule has 0 amide bonds. The predicted molar refractivity (Wildman–Crippen MR) is 155 cm³/mol. The summed E-state index contributed by atoms with van der Waals surface area (Å²) in [6.45, 7) is 4.01. The summed E-state index contributed by atoms with van der Waals surface area (Å²) in [7, 11) is 0. The van der Waals surface area contributed by atoms with Crippen molar-refractivity contribution in [1.82, 2.24) is 19.3 Å². The van der Waals surface area contributed by atoms with Crippen molar-refractivity contribution < 1.29 is 25.8 Å². The molecule has 0 aliphatic carbocycles. The number of benzene rings is 4. The molecule has 6 heteroatoms. The molecule has 0 aliphatic heterocycles. The van der Waals surface area contributed by atoms with Crippen LogP contribution in [0, 0.1) is 26.0 Å². The number of aromatic nitrogens is 4. The molecular formula is C34H24N4OPt+2. The first kappa shape index (κ1) is 25.8. The number of rotatable bonds is 5. The van der Waals surface area contributed by atoms with E-state index in [1.807, 2.05) is 79.3 Å². The Morgan fingerprint density at radius 3 is 2.33 bits per heavy atom. The number of hydrogen-bond acceptors (Lipinski definition) is 3. The van der Waals surface area contributed by atoms with Crippen LogP contribution in [0.3, 0.4) is 0 Å². The van der Waals surface area contributed by atoms with Gasteiger partial charge in [-0.1, -0.05) is 54.0 Å². The smallest absolute Gasteiger partial charge is 0.509 e. The molecule has 3 aromatic heterocycles. The van der Waals surface area contributed by atoms with Gasteiger partial charge in [-0.25, -0.2) is 4.98 Å². The van der Waals surface area contributed by atoms with Crippen LogP contribution >= 0.6 is 0 Å². The molecule has 3 heterocycles. The monoisotopic (exact) mass is 699 g/mol. The summed E-state index contributed by atoms with van der Waals surface area (Å²) in [4.78, 5) is 4.76. The average molecular weight is 700 g/mol. The van der Waals surface area contributed by atoms with E-state index >= 15 is 0 Å². The first-order valence-corrected chi connectivity index (χ1v) is 12.9. The Morgan fingerprint density at radius 2 is 1.50 bits per heavy atom. The van der Waals surface area contributed by atoms with Crippen LogP contribution in [-0.4, -0.2) is 19.3 Å². The maximum absolute atomic E-state index is 6.29. The molecule has 0 saturated heterocycles. The van der Waals surface area contributed by atoms with E-state index < -0.39 is 0 Å². The van der Waals surface area contributed by atoms with Gasteiger partial charge < -0.3 is 9.30 Å². The molecule has 0 atom stereocenters. The number of ether oxygens (including phenoxy) is 1. The first-order valence-electron chi connectivity index (χ1n) is 12.9. The summed E-state index contributed by atoms with van der Waals surface area (Å²) < 4.78 is 10.3. The standard InChI is InChI=1S/C34H24N4O.Pt/c1-23-19-24(2)38(36-23)27-11-8-12-28(21-27)39-29-15-16-31-30-13-6-7-14-32(30)37(33(31)22-29)34-20-26(17-18-35-34)25-9-4-3-5-10-25;/h3-20H,1-2H3;/q-2;+4. The fourth-order valence-corrected chi connectivity index (χ4v) is 5.13. The minimum Gasteiger partial charge on any atom is -0.509 e. The number of para-hydroxylation sites is 1. The molecular weight excluding hydrogens is 675 g/mol. The summed E-state index contributed by atoms with van der Waals surface area (Å²) >= 11 is 0. The second-order valence-corrected chi connectivity index (χ2v) is 9.55. The van der Waals surface area contributed by atoms with Crippen molar-refractivity contribution in [2.24, 2.45) is 0 Å². The van der Waals surface area contributed by atoms with Crippen LogP contribution in [0.2, 0.25) is 0 Å². The van der Waals surface area contributed by atoms with Crippen molar-refractivity contribution in [2.75, 3.05) is 0 Å². The molecule has 0 radical (unpaired) electrons. The Balaban J connectivity index is 0.00000289. The Kier molecular flexibility index (Phi) is 6.83. The summed E-state index contributed by atoms with van der Waals surface area (Å²) in [6, 6.07) is 41.7. The maximum atomic E-state index is 6.29. The number of aryl methyl sites for hydroxylation is 2. The van der Waals surface area contributed by atoms with Crippen LogP contribution in [0.25, 0.3) is 44.4 Å². The summed E-state index contributed by atoms with van der Waals surface area (Å²) in [5.41, 5.74) is 7.06. The van der Waals surface area contributed by atoms with E-state index in [1.54, 1.807) is 0 Å². The number of pyridine rings is 1. The zero-order valence-corrected chi connectivity index (χ0v) is 24.2.